The Morgan fingerprint density at radius 3 is 1.07 bits per heavy atom. The molecule has 0 spiro atoms. The molecule has 1 radical (unpaired) electrons. The number of carbonyl (C=O) groups excluding carboxylic acids is 3. The third kappa shape index (κ3) is 18.8. The summed E-state index contributed by atoms with van der Waals surface area (Å²) >= 11 is 0. The first-order chi connectivity index (χ1) is 12.5. The van der Waals surface area contributed by atoms with E-state index in [2.05, 4.69) is 0 Å². The molecule has 0 aromatic rings. The minimum Gasteiger partial charge on any atom is -0.549 e. The predicted molar refractivity (Wildman–Crippen MR) is 84.6 cm³/mol. The molecule has 14 nitrogen and oxygen atoms in total. The van der Waals surface area contributed by atoms with E-state index >= 15 is 0 Å². The Morgan fingerprint density at radius 2 is 0.793 bits per heavy atom. The van der Waals surface area contributed by atoms with E-state index < -0.39 is 62.6 Å². The molecule has 0 heterocycles. The average molecular weight is 463 g/mol. The van der Waals surface area contributed by atoms with Gasteiger partial charge >= 0.3 is 29.0 Å². The van der Waals surface area contributed by atoms with Gasteiger partial charge in [-0.25, -0.2) is 0 Å². The number of aliphatic carboxylic acids is 5. The van der Waals surface area contributed by atoms with Crippen molar-refractivity contribution in [1.29, 1.82) is 0 Å². The Bertz CT molecular complexity index is 491. The monoisotopic (exact) mass is 463 g/mol. The Kier molecular flexibility index (Phi) is 18.0. The molecule has 0 aliphatic rings. The molecule has 29 heavy (non-hydrogen) atoms. The Balaban J connectivity index is -0.00000338. The summed E-state index contributed by atoms with van der Waals surface area (Å²) in [6, 6.07) is 0. The van der Waals surface area contributed by atoms with Crippen LogP contribution in [0.1, 0.15) is 0 Å². The summed E-state index contributed by atoms with van der Waals surface area (Å²) in [4.78, 5) is 56.9. The second-order valence-corrected chi connectivity index (χ2v) is 5.60. The second-order valence-electron chi connectivity index (χ2n) is 5.60. The van der Waals surface area contributed by atoms with E-state index in [0.717, 1.165) is 9.80 Å². The molecule has 0 unspecified atom stereocenters. The van der Waals surface area contributed by atoms with Crippen molar-refractivity contribution in [3.05, 3.63) is 0 Å². The van der Waals surface area contributed by atoms with Gasteiger partial charge in [-0.15, -0.1) is 0 Å². The van der Waals surface area contributed by atoms with Gasteiger partial charge < -0.3 is 46.1 Å². The molecule has 0 aromatic carbocycles. The molecule has 0 rings (SSSR count). The van der Waals surface area contributed by atoms with Gasteiger partial charge in [0.2, 0.25) is 0 Å². The molecule has 0 amide bonds. The first-order valence-corrected chi connectivity index (χ1v) is 7.69. The van der Waals surface area contributed by atoms with Crippen LogP contribution in [0.15, 0.2) is 0 Å². The van der Waals surface area contributed by atoms with Gasteiger partial charge in [-0.2, -0.15) is 0 Å². The van der Waals surface area contributed by atoms with E-state index in [4.69, 9.17) is 10.2 Å². The van der Waals surface area contributed by atoms with Gasteiger partial charge in [-0.1, -0.05) is 0 Å². The van der Waals surface area contributed by atoms with Crippen LogP contribution in [0.25, 0.3) is 0 Å². The molecule has 0 aliphatic carbocycles. The zero-order chi connectivity index (χ0) is 21.0. The van der Waals surface area contributed by atoms with Crippen LogP contribution in [-0.4, -0.2) is 114 Å². The SMILES string of the molecule is N.O=C([O-])CN(CCN(CC(=O)[O-])CC(=O)[O-])CCN(CC(=O)O)CC(=O)O.[Fe+3]. The van der Waals surface area contributed by atoms with Crippen LogP contribution in [0.4, 0.5) is 0 Å². The Labute approximate surface area is 176 Å². The van der Waals surface area contributed by atoms with Crippen molar-refractivity contribution < 1.29 is 66.6 Å². The molecule has 167 valence electrons. The van der Waals surface area contributed by atoms with E-state index in [1.54, 1.807) is 0 Å². The number of nitrogens with zero attached hydrogens (tertiary/aromatic N) is 3. The Hall–Kier alpha value is -2.29. The van der Waals surface area contributed by atoms with E-state index in [9.17, 15) is 39.3 Å². The summed E-state index contributed by atoms with van der Waals surface area (Å²) < 4.78 is 0. The van der Waals surface area contributed by atoms with Crippen LogP contribution in [0.2, 0.25) is 0 Å². The van der Waals surface area contributed by atoms with E-state index in [-0.39, 0.29) is 49.4 Å². The van der Waals surface area contributed by atoms with Crippen molar-refractivity contribution in [2.45, 2.75) is 0 Å². The molecule has 0 aliphatic heterocycles. The molecule has 0 saturated heterocycles. The van der Waals surface area contributed by atoms with E-state index in [1.165, 1.54) is 4.90 Å². The van der Waals surface area contributed by atoms with Gasteiger partial charge in [0.15, 0.2) is 0 Å². The maximum atomic E-state index is 10.8. The third-order valence-corrected chi connectivity index (χ3v) is 3.24. The quantitative estimate of drug-likeness (QED) is 0.180. The third-order valence-electron chi connectivity index (χ3n) is 3.24. The summed E-state index contributed by atoms with van der Waals surface area (Å²) in [5.41, 5.74) is 0. The summed E-state index contributed by atoms with van der Waals surface area (Å²) in [6.45, 7) is -3.60. The topological polar surface area (TPSA) is 240 Å². The molecular formula is C14H23FeN4O10. The van der Waals surface area contributed by atoms with Crippen LogP contribution in [0, 0.1) is 0 Å². The maximum Gasteiger partial charge on any atom is 3.00 e. The van der Waals surface area contributed by atoms with Crippen molar-refractivity contribution in [2.75, 3.05) is 58.9 Å². The zero-order valence-electron chi connectivity index (χ0n) is 15.4. The fraction of sp³-hybridized carbons (Fsp3) is 0.643. The van der Waals surface area contributed by atoms with Gasteiger partial charge in [0.1, 0.15) is 0 Å². The fourth-order valence-corrected chi connectivity index (χ4v) is 2.19. The van der Waals surface area contributed by atoms with Crippen molar-refractivity contribution in [1.82, 2.24) is 20.9 Å². The van der Waals surface area contributed by atoms with Crippen molar-refractivity contribution in [2.24, 2.45) is 0 Å². The number of carboxylic acid groups (broad SMARTS) is 5. The predicted octanol–water partition coefficient (Wildman–Crippen LogP) is -6.53. The minimum atomic E-state index is -1.53. The summed E-state index contributed by atoms with van der Waals surface area (Å²) in [7, 11) is 0. The Morgan fingerprint density at radius 1 is 0.552 bits per heavy atom. The summed E-state index contributed by atoms with van der Waals surface area (Å²) in [5, 5.41) is 49.6. The van der Waals surface area contributed by atoms with Crippen LogP contribution in [0.3, 0.4) is 0 Å². The van der Waals surface area contributed by atoms with Crippen molar-refractivity contribution >= 4 is 29.8 Å². The molecule has 0 aromatic heterocycles. The summed E-state index contributed by atoms with van der Waals surface area (Å²) in [5.74, 6) is -7.06. The normalized spacial score (nSPS) is 10.3. The van der Waals surface area contributed by atoms with Gasteiger partial charge in [-0.05, 0) is 0 Å². The second kappa shape index (κ2) is 16.6. The van der Waals surface area contributed by atoms with Crippen molar-refractivity contribution in [3.63, 3.8) is 0 Å². The first-order valence-electron chi connectivity index (χ1n) is 7.69. The number of carboxylic acids is 5. The number of hydrogen-bond donors (Lipinski definition) is 3. The maximum absolute atomic E-state index is 10.8. The molecule has 5 N–H and O–H groups in total. The van der Waals surface area contributed by atoms with Crippen LogP contribution >= 0.6 is 0 Å². The largest absolute Gasteiger partial charge is 3.00 e. The van der Waals surface area contributed by atoms with E-state index in [0.29, 0.717) is 0 Å². The van der Waals surface area contributed by atoms with Crippen molar-refractivity contribution in [3.8, 4) is 0 Å². The van der Waals surface area contributed by atoms with Crippen LogP contribution in [0.5, 0.6) is 0 Å². The number of hydrogen-bond acceptors (Lipinski definition) is 12. The van der Waals surface area contributed by atoms with Gasteiger partial charge in [0, 0.05) is 45.8 Å². The minimum absolute atomic E-state index is 0. The first kappa shape index (κ1) is 31.4. The van der Waals surface area contributed by atoms with Crippen LogP contribution < -0.4 is 21.5 Å². The molecular weight excluding hydrogens is 440 g/mol. The molecule has 0 fully saturated rings. The summed E-state index contributed by atoms with van der Waals surface area (Å²) in [6.07, 6.45) is 0. The van der Waals surface area contributed by atoms with Gasteiger partial charge in [-0.3, -0.25) is 24.3 Å². The molecule has 0 saturated carbocycles. The average Bonchev–Trinajstić information content (AvgIpc) is 2.46. The zero-order valence-corrected chi connectivity index (χ0v) is 16.5. The van der Waals surface area contributed by atoms with Crippen LogP contribution in [-0.2, 0) is 41.0 Å². The molecule has 15 heteroatoms. The van der Waals surface area contributed by atoms with E-state index in [1.807, 2.05) is 0 Å². The standard InChI is InChI=1S/C14H23N3O10.Fe.H3N/c18-10(19)5-15(1-3-16(6-11(20)21)7-12(22)23)2-4-17(8-13(24)25)9-14(26)27;;/h1-9H2,(H,18,19)(H,20,21)(H,22,23)(H,24,25)(H,26,27);;1H3/q;+3;/p-3. The smallest absolute Gasteiger partial charge is 0.549 e. The molecule has 0 bridgehead atoms. The number of carbonyl (C=O) groups is 5. The van der Waals surface area contributed by atoms with Gasteiger partial charge in [0.05, 0.1) is 31.0 Å². The molecule has 0 atom stereocenters. The fourth-order valence-electron chi connectivity index (χ4n) is 2.19. The number of rotatable bonds is 16. The van der Waals surface area contributed by atoms with Gasteiger partial charge in [0.25, 0.3) is 0 Å².